The van der Waals surface area contributed by atoms with Gasteiger partial charge in [0.05, 0.1) is 13.1 Å². The molecule has 0 aliphatic rings. The maximum atomic E-state index is 10.1. The Morgan fingerprint density at radius 1 is 0.422 bits per heavy atom. The van der Waals surface area contributed by atoms with Crippen LogP contribution in [0.25, 0.3) is 62.6 Å². The van der Waals surface area contributed by atoms with Gasteiger partial charge < -0.3 is 4.90 Å². The third-order valence-corrected chi connectivity index (χ3v) is 10.9. The largest absolute Gasteiger partial charge is 0.309 e. The number of thiophene rings is 2. The van der Waals surface area contributed by atoms with Crippen LogP contribution in [0.3, 0.4) is 0 Å². The molecule has 9 aromatic rings. The summed E-state index contributed by atoms with van der Waals surface area (Å²) in [7, 11) is 0. The van der Waals surface area contributed by atoms with Crippen LogP contribution in [0.5, 0.6) is 0 Å². The van der Waals surface area contributed by atoms with Crippen molar-refractivity contribution < 1.29 is 2.74 Å². The average molecular weight is 612 g/mol. The Balaban J connectivity index is 1.39. The standard InChI is InChI=1S/C42H27NS2/c1-3-13-28(14-4-1)31-26-25-30(27-37(31)36-20-11-19-34-32-17-7-9-23-39(32)44-41(34)36)43(29-15-5-2-6-16-29)38-22-12-21-35-33-18-8-10-24-40(33)45-42(35)38/h1-27H/i25D,27D. The van der Waals surface area contributed by atoms with Crippen LogP contribution >= 0.6 is 22.7 Å². The van der Waals surface area contributed by atoms with E-state index in [4.69, 9.17) is 0 Å². The number of rotatable bonds is 5. The highest BCUT2D eigenvalue weighted by Crippen LogP contribution is 2.48. The van der Waals surface area contributed by atoms with E-state index in [0.717, 1.165) is 43.0 Å². The van der Waals surface area contributed by atoms with E-state index in [-0.39, 0.29) is 0 Å². The molecule has 2 heterocycles. The monoisotopic (exact) mass is 611 g/mol. The van der Waals surface area contributed by atoms with E-state index >= 15 is 0 Å². The summed E-state index contributed by atoms with van der Waals surface area (Å²) in [5, 5.41) is 4.81. The highest BCUT2D eigenvalue weighted by molar-refractivity contribution is 7.26. The van der Waals surface area contributed by atoms with Gasteiger partial charge in [0.1, 0.15) is 0 Å². The van der Waals surface area contributed by atoms with E-state index < -0.39 is 0 Å². The summed E-state index contributed by atoms with van der Waals surface area (Å²) in [6.07, 6.45) is 0. The molecule has 0 aliphatic carbocycles. The van der Waals surface area contributed by atoms with Crippen LogP contribution in [-0.2, 0) is 0 Å². The first-order valence-electron chi connectivity index (χ1n) is 16.0. The van der Waals surface area contributed by atoms with Crippen LogP contribution in [-0.4, -0.2) is 0 Å². The molecule has 0 saturated heterocycles. The fourth-order valence-corrected chi connectivity index (χ4v) is 8.86. The molecule has 0 amide bonds. The van der Waals surface area contributed by atoms with Crippen molar-refractivity contribution in [2.24, 2.45) is 0 Å². The normalized spacial score (nSPS) is 12.2. The van der Waals surface area contributed by atoms with Gasteiger partial charge in [0.2, 0.25) is 0 Å². The van der Waals surface area contributed by atoms with Gasteiger partial charge in [0, 0.05) is 52.6 Å². The summed E-state index contributed by atoms with van der Waals surface area (Å²) in [6, 6.07) is 52.9. The molecular weight excluding hydrogens is 583 g/mol. The molecule has 1 nitrogen and oxygen atoms in total. The summed E-state index contributed by atoms with van der Waals surface area (Å²) in [5.74, 6) is 0. The molecule has 7 aromatic carbocycles. The quantitative estimate of drug-likeness (QED) is 0.187. The predicted octanol–water partition coefficient (Wildman–Crippen LogP) is 13.2. The van der Waals surface area contributed by atoms with Crippen LogP contribution in [0.4, 0.5) is 17.1 Å². The fourth-order valence-electron chi connectivity index (χ4n) is 6.43. The Morgan fingerprint density at radius 3 is 1.73 bits per heavy atom. The van der Waals surface area contributed by atoms with Gasteiger partial charge in [-0.3, -0.25) is 0 Å². The van der Waals surface area contributed by atoms with Gasteiger partial charge in [0.25, 0.3) is 0 Å². The van der Waals surface area contributed by atoms with Crippen molar-refractivity contribution in [2.75, 3.05) is 4.90 Å². The molecule has 0 bridgehead atoms. The number of para-hydroxylation sites is 1. The first-order valence-corrected chi connectivity index (χ1v) is 16.7. The summed E-state index contributed by atoms with van der Waals surface area (Å²) in [6.45, 7) is 0. The summed E-state index contributed by atoms with van der Waals surface area (Å²) < 4.78 is 24.4. The van der Waals surface area contributed by atoms with Crippen LogP contribution in [0.1, 0.15) is 2.74 Å². The lowest BCUT2D eigenvalue weighted by atomic mass is 9.92. The molecule has 2 aromatic heterocycles. The number of nitrogens with zero attached hydrogens (tertiary/aromatic N) is 1. The first-order chi connectivity index (χ1) is 23.2. The van der Waals surface area contributed by atoms with E-state index in [2.05, 4.69) is 114 Å². The van der Waals surface area contributed by atoms with E-state index in [0.29, 0.717) is 17.8 Å². The minimum atomic E-state index is 0.308. The molecule has 0 aliphatic heterocycles. The molecule has 3 heteroatoms. The van der Waals surface area contributed by atoms with Gasteiger partial charge in [-0.1, -0.05) is 121 Å². The second-order valence-corrected chi connectivity index (χ2v) is 13.2. The second kappa shape index (κ2) is 10.7. The zero-order valence-corrected chi connectivity index (χ0v) is 25.8. The number of benzene rings is 7. The Hall–Kier alpha value is -5.22. The van der Waals surface area contributed by atoms with Crippen LogP contribution in [0.15, 0.2) is 164 Å². The van der Waals surface area contributed by atoms with Gasteiger partial charge in [-0.25, -0.2) is 0 Å². The molecule has 0 saturated carbocycles. The molecule has 9 rings (SSSR count). The predicted molar refractivity (Wildman–Crippen MR) is 198 cm³/mol. The van der Waals surface area contributed by atoms with E-state index in [1.54, 1.807) is 22.7 Å². The number of hydrogen-bond acceptors (Lipinski definition) is 3. The SMILES string of the molecule is [2H]c1cc(-c2ccccc2)c(-c2cccc3c2sc2ccccc23)c([2H])c1N(c1ccccc1)c1cccc2c1sc1ccccc12. The maximum absolute atomic E-state index is 10.1. The second-order valence-electron chi connectivity index (χ2n) is 11.1. The zero-order valence-electron chi connectivity index (χ0n) is 26.2. The Morgan fingerprint density at radius 2 is 1.00 bits per heavy atom. The zero-order chi connectivity index (χ0) is 31.5. The number of hydrogen-bond donors (Lipinski definition) is 0. The highest BCUT2D eigenvalue weighted by atomic mass is 32.1. The molecular formula is C42H27NS2. The van der Waals surface area contributed by atoms with Crippen molar-refractivity contribution in [1.82, 2.24) is 0 Å². The summed E-state index contributed by atoms with van der Waals surface area (Å²) >= 11 is 3.53. The summed E-state index contributed by atoms with van der Waals surface area (Å²) in [5.41, 5.74) is 6.18. The molecule has 0 spiro atoms. The van der Waals surface area contributed by atoms with E-state index in [1.807, 2.05) is 42.5 Å². The van der Waals surface area contributed by atoms with Gasteiger partial charge in [-0.05, 0) is 59.1 Å². The topological polar surface area (TPSA) is 3.24 Å². The van der Waals surface area contributed by atoms with Crippen LogP contribution in [0.2, 0.25) is 0 Å². The highest BCUT2D eigenvalue weighted by Gasteiger charge is 2.21. The molecule has 212 valence electrons. The fraction of sp³-hybridized carbons (Fsp3) is 0. The molecule has 0 unspecified atom stereocenters. The van der Waals surface area contributed by atoms with E-state index in [1.165, 1.54) is 30.9 Å². The number of anilines is 3. The van der Waals surface area contributed by atoms with Gasteiger partial charge in [-0.2, -0.15) is 0 Å². The lowest BCUT2D eigenvalue weighted by Crippen LogP contribution is -2.10. The minimum absolute atomic E-state index is 0.308. The van der Waals surface area contributed by atoms with Crippen molar-refractivity contribution in [3.63, 3.8) is 0 Å². The molecule has 0 radical (unpaired) electrons. The van der Waals surface area contributed by atoms with Crippen LogP contribution < -0.4 is 4.90 Å². The minimum Gasteiger partial charge on any atom is -0.309 e. The first kappa shape index (κ1) is 24.1. The van der Waals surface area contributed by atoms with Crippen molar-refractivity contribution in [1.29, 1.82) is 0 Å². The van der Waals surface area contributed by atoms with Gasteiger partial charge >= 0.3 is 0 Å². The Labute approximate surface area is 272 Å². The summed E-state index contributed by atoms with van der Waals surface area (Å²) in [4.78, 5) is 2.13. The van der Waals surface area contributed by atoms with Crippen molar-refractivity contribution >= 4 is 80.1 Å². The molecule has 0 atom stereocenters. The Kier molecular flexibility index (Phi) is 5.76. The average Bonchev–Trinajstić information content (AvgIpc) is 3.70. The lowest BCUT2D eigenvalue weighted by molar-refractivity contribution is 1.30. The third kappa shape index (κ3) is 4.35. The van der Waals surface area contributed by atoms with Crippen LogP contribution in [0, 0.1) is 0 Å². The molecule has 0 fully saturated rings. The van der Waals surface area contributed by atoms with Crippen molar-refractivity contribution in [2.45, 2.75) is 0 Å². The third-order valence-electron chi connectivity index (χ3n) is 8.49. The molecule has 45 heavy (non-hydrogen) atoms. The Bertz CT molecular complexity index is 2600. The number of fused-ring (bicyclic) bond motifs is 6. The molecule has 0 N–H and O–H groups in total. The van der Waals surface area contributed by atoms with Gasteiger partial charge in [-0.15, -0.1) is 22.7 Å². The maximum Gasteiger partial charge on any atom is 0.0652 e. The van der Waals surface area contributed by atoms with Gasteiger partial charge in [0.15, 0.2) is 0 Å². The van der Waals surface area contributed by atoms with Crippen molar-refractivity contribution in [3.8, 4) is 22.3 Å². The van der Waals surface area contributed by atoms with Crippen molar-refractivity contribution in [3.05, 3.63) is 164 Å². The lowest BCUT2D eigenvalue weighted by Gasteiger charge is -2.27. The van der Waals surface area contributed by atoms with E-state index in [9.17, 15) is 2.74 Å². The smallest absolute Gasteiger partial charge is 0.0652 e.